The normalized spacial score (nSPS) is 17.5. The molecule has 0 aromatic heterocycles. The number of carboxylic acid groups (broad SMARTS) is 1. The third-order valence-corrected chi connectivity index (χ3v) is 5.69. The Labute approximate surface area is 203 Å². The van der Waals surface area contributed by atoms with Gasteiger partial charge in [0.05, 0.1) is 12.5 Å². The minimum Gasteiger partial charge on any atom is -0.481 e. The summed E-state index contributed by atoms with van der Waals surface area (Å²) < 4.78 is 0. The number of nitrogens with zero attached hydrogens (tertiary/aromatic N) is 1. The van der Waals surface area contributed by atoms with Crippen LogP contribution in [-0.2, 0) is 35.2 Å². The van der Waals surface area contributed by atoms with Crippen LogP contribution in [0.25, 0.3) is 0 Å². The predicted molar refractivity (Wildman–Crippen MR) is 125 cm³/mol. The number of aliphatic carboxylic acids is 1. The summed E-state index contributed by atoms with van der Waals surface area (Å²) >= 11 is 0. The molecule has 0 radical (unpaired) electrons. The Morgan fingerprint density at radius 1 is 1.03 bits per heavy atom. The van der Waals surface area contributed by atoms with Crippen LogP contribution in [0, 0.1) is 0 Å². The maximum absolute atomic E-state index is 13.0. The van der Waals surface area contributed by atoms with E-state index >= 15 is 0 Å². The van der Waals surface area contributed by atoms with Crippen LogP contribution >= 0.6 is 0 Å². The van der Waals surface area contributed by atoms with Crippen LogP contribution in [0.5, 0.6) is 0 Å². The van der Waals surface area contributed by atoms with Gasteiger partial charge in [-0.15, -0.1) is 0 Å². The monoisotopic (exact) mass is 488 g/mol. The molecule has 1 aliphatic rings. The van der Waals surface area contributed by atoms with Gasteiger partial charge in [0.1, 0.15) is 24.4 Å². The van der Waals surface area contributed by atoms with E-state index < -0.39 is 53.8 Å². The first-order chi connectivity index (χ1) is 16.6. The molecular formula is C24H32N4O7. The van der Waals surface area contributed by atoms with Crippen molar-refractivity contribution >= 4 is 35.9 Å². The van der Waals surface area contributed by atoms with E-state index in [1.165, 1.54) is 18.7 Å². The van der Waals surface area contributed by atoms with E-state index in [9.17, 15) is 28.8 Å². The van der Waals surface area contributed by atoms with E-state index in [2.05, 4.69) is 16.0 Å². The van der Waals surface area contributed by atoms with E-state index in [-0.39, 0.29) is 12.8 Å². The largest absolute Gasteiger partial charge is 0.481 e. The van der Waals surface area contributed by atoms with Crippen molar-refractivity contribution in [3.63, 3.8) is 0 Å². The fraction of sp³-hybridized carbons (Fsp3) is 0.500. The molecule has 1 heterocycles. The first kappa shape index (κ1) is 27.5. The minimum absolute atomic E-state index is 0.266. The molecule has 11 heteroatoms. The molecule has 35 heavy (non-hydrogen) atoms. The summed E-state index contributed by atoms with van der Waals surface area (Å²) in [5, 5.41) is 16.2. The molecule has 1 saturated heterocycles. The summed E-state index contributed by atoms with van der Waals surface area (Å²) in [5.74, 6) is -3.21. The second kappa shape index (κ2) is 13.2. The number of aldehydes is 1. The van der Waals surface area contributed by atoms with Crippen LogP contribution in [0.4, 0.5) is 0 Å². The quantitative estimate of drug-likeness (QED) is 0.296. The zero-order valence-electron chi connectivity index (χ0n) is 19.9. The van der Waals surface area contributed by atoms with Crippen molar-refractivity contribution < 1.29 is 33.9 Å². The molecule has 1 aromatic rings. The molecule has 4 N–H and O–H groups in total. The summed E-state index contributed by atoms with van der Waals surface area (Å²) in [5.41, 5.74) is 0.893. The molecular weight excluding hydrogens is 456 g/mol. The SMILES string of the molecule is C[C@H](NC(=O)CCC(=O)O)C(=O)N[C@@H](C)C(=O)N1CCC[C@H]1C(=O)N[C@H](C=O)Cc1ccccc1. The number of hydrogen-bond donors (Lipinski definition) is 4. The Hall–Kier alpha value is -3.76. The number of carbonyl (C=O) groups excluding carboxylic acids is 5. The van der Waals surface area contributed by atoms with Crippen molar-refractivity contribution in [2.24, 2.45) is 0 Å². The third-order valence-electron chi connectivity index (χ3n) is 5.69. The predicted octanol–water partition coefficient (Wildman–Crippen LogP) is -0.222. The van der Waals surface area contributed by atoms with Gasteiger partial charge in [0.2, 0.25) is 23.6 Å². The number of nitrogens with one attached hydrogen (secondary N) is 3. The molecule has 11 nitrogen and oxygen atoms in total. The first-order valence-corrected chi connectivity index (χ1v) is 11.5. The van der Waals surface area contributed by atoms with Gasteiger partial charge in [-0.05, 0) is 38.7 Å². The average molecular weight is 489 g/mol. The van der Waals surface area contributed by atoms with Crippen LogP contribution in [0.2, 0.25) is 0 Å². The summed E-state index contributed by atoms with van der Waals surface area (Å²) in [6.45, 7) is 3.24. The molecule has 190 valence electrons. The number of benzene rings is 1. The number of amides is 4. The highest BCUT2D eigenvalue weighted by Crippen LogP contribution is 2.19. The minimum atomic E-state index is -1.12. The highest BCUT2D eigenvalue weighted by Gasteiger charge is 2.37. The summed E-state index contributed by atoms with van der Waals surface area (Å²) in [7, 11) is 0. The summed E-state index contributed by atoms with van der Waals surface area (Å²) in [6, 6.07) is 5.83. The summed E-state index contributed by atoms with van der Waals surface area (Å²) in [6.07, 6.45) is 1.41. The lowest BCUT2D eigenvalue weighted by atomic mass is 10.1. The second-order valence-electron chi connectivity index (χ2n) is 8.54. The zero-order chi connectivity index (χ0) is 26.0. The number of carbonyl (C=O) groups is 6. The van der Waals surface area contributed by atoms with Crippen LogP contribution in [0.15, 0.2) is 30.3 Å². The van der Waals surface area contributed by atoms with Gasteiger partial charge in [0.15, 0.2) is 0 Å². The van der Waals surface area contributed by atoms with Crippen LogP contribution in [0.3, 0.4) is 0 Å². The van der Waals surface area contributed by atoms with Gasteiger partial charge in [-0.1, -0.05) is 30.3 Å². The van der Waals surface area contributed by atoms with Crippen molar-refractivity contribution in [2.45, 2.75) is 70.1 Å². The molecule has 0 unspecified atom stereocenters. The molecule has 1 aromatic carbocycles. The summed E-state index contributed by atoms with van der Waals surface area (Å²) in [4.78, 5) is 73.4. The van der Waals surface area contributed by atoms with E-state index in [0.29, 0.717) is 32.1 Å². The Morgan fingerprint density at radius 3 is 2.34 bits per heavy atom. The average Bonchev–Trinajstić information content (AvgIpc) is 3.32. The third kappa shape index (κ3) is 8.51. The van der Waals surface area contributed by atoms with Crippen molar-refractivity contribution in [3.8, 4) is 0 Å². The van der Waals surface area contributed by atoms with Crippen molar-refractivity contribution in [1.29, 1.82) is 0 Å². The lowest BCUT2D eigenvalue weighted by Crippen LogP contribution is -2.56. The molecule has 1 fully saturated rings. The first-order valence-electron chi connectivity index (χ1n) is 11.5. The van der Waals surface area contributed by atoms with E-state index in [1.807, 2.05) is 30.3 Å². The van der Waals surface area contributed by atoms with Crippen molar-refractivity contribution in [2.75, 3.05) is 6.54 Å². The lowest BCUT2D eigenvalue weighted by molar-refractivity contribution is -0.141. The van der Waals surface area contributed by atoms with E-state index in [1.54, 1.807) is 0 Å². The van der Waals surface area contributed by atoms with E-state index in [4.69, 9.17) is 5.11 Å². The molecule has 0 saturated carbocycles. The standard InChI is InChI=1S/C24H32N4O7/c1-15(25-20(30)10-11-21(31)32)22(33)26-16(2)24(35)28-12-6-9-19(28)23(34)27-18(14-29)13-17-7-4-3-5-8-17/h3-5,7-8,14-16,18-19H,6,9-13H2,1-2H3,(H,25,30)(H,26,33)(H,27,34)(H,31,32)/t15-,16-,18-,19-/m0/s1. The highest BCUT2D eigenvalue weighted by molar-refractivity contribution is 5.94. The van der Waals surface area contributed by atoms with Gasteiger partial charge in [-0.3, -0.25) is 24.0 Å². The number of rotatable bonds is 12. The number of carboxylic acids is 1. The smallest absolute Gasteiger partial charge is 0.303 e. The van der Waals surface area contributed by atoms with Gasteiger partial charge in [0, 0.05) is 13.0 Å². The van der Waals surface area contributed by atoms with Crippen LogP contribution in [-0.4, -0.2) is 76.6 Å². The van der Waals surface area contributed by atoms with Crippen molar-refractivity contribution in [3.05, 3.63) is 35.9 Å². The molecule has 2 rings (SSSR count). The fourth-order valence-corrected chi connectivity index (χ4v) is 3.83. The fourth-order valence-electron chi connectivity index (χ4n) is 3.83. The molecule has 4 amide bonds. The Kier molecular flexibility index (Phi) is 10.4. The Balaban J connectivity index is 1.90. The van der Waals surface area contributed by atoms with Crippen LogP contribution < -0.4 is 16.0 Å². The molecule has 4 atom stereocenters. The second-order valence-corrected chi connectivity index (χ2v) is 8.54. The molecule has 0 aliphatic carbocycles. The van der Waals surface area contributed by atoms with Gasteiger partial charge in [0.25, 0.3) is 0 Å². The van der Waals surface area contributed by atoms with Gasteiger partial charge < -0.3 is 30.8 Å². The molecule has 0 bridgehead atoms. The Bertz CT molecular complexity index is 937. The maximum Gasteiger partial charge on any atom is 0.303 e. The maximum atomic E-state index is 13.0. The Morgan fingerprint density at radius 2 is 1.71 bits per heavy atom. The lowest BCUT2D eigenvalue weighted by Gasteiger charge is -2.28. The van der Waals surface area contributed by atoms with Gasteiger partial charge in [-0.2, -0.15) is 0 Å². The number of hydrogen-bond acceptors (Lipinski definition) is 6. The van der Waals surface area contributed by atoms with Crippen molar-refractivity contribution in [1.82, 2.24) is 20.9 Å². The van der Waals surface area contributed by atoms with Gasteiger partial charge >= 0.3 is 5.97 Å². The molecule has 0 spiro atoms. The number of likely N-dealkylation sites (tertiary alicyclic amines) is 1. The molecule has 1 aliphatic heterocycles. The van der Waals surface area contributed by atoms with Gasteiger partial charge in [-0.25, -0.2) is 0 Å². The topological polar surface area (TPSA) is 162 Å². The van der Waals surface area contributed by atoms with Crippen LogP contribution in [0.1, 0.15) is 45.1 Å². The zero-order valence-corrected chi connectivity index (χ0v) is 19.9. The highest BCUT2D eigenvalue weighted by atomic mass is 16.4. The van der Waals surface area contributed by atoms with E-state index in [0.717, 1.165) is 5.56 Å².